The Hall–Kier alpha value is -1.66. The molecule has 2 aliphatic rings. The minimum Gasteiger partial charge on any atom is -0.490 e. The zero-order valence-electron chi connectivity index (χ0n) is 12.2. The Morgan fingerprint density at radius 2 is 2.29 bits per heavy atom. The third-order valence-corrected chi connectivity index (χ3v) is 4.61. The molecule has 114 valence electrons. The van der Waals surface area contributed by atoms with Crippen molar-refractivity contribution in [2.24, 2.45) is 0 Å². The predicted molar refractivity (Wildman–Crippen MR) is 79.5 cm³/mol. The second-order valence-electron chi connectivity index (χ2n) is 5.78. The minimum atomic E-state index is -0.392. The molecule has 3 rings (SSSR count). The molecule has 2 heterocycles. The van der Waals surface area contributed by atoms with E-state index in [4.69, 9.17) is 4.74 Å². The topological polar surface area (TPSA) is 67.6 Å². The van der Waals surface area contributed by atoms with Crippen LogP contribution in [0.3, 0.4) is 0 Å². The fourth-order valence-corrected chi connectivity index (χ4v) is 3.56. The standard InChI is InChI=1S/C15H21N3O3/c1-21-15-5-4-11(9-14(15)18(19)20)10-16-12-6-8-17-7-2-3-13(12)17/h4-5,9,12-13,16H,2-3,6-8,10H2,1H3. The fraction of sp³-hybridized carbons (Fsp3) is 0.600. The van der Waals surface area contributed by atoms with E-state index in [0.29, 0.717) is 24.4 Å². The minimum absolute atomic E-state index is 0.0331. The lowest BCUT2D eigenvalue weighted by atomic mass is 10.1. The summed E-state index contributed by atoms with van der Waals surface area (Å²) in [4.78, 5) is 13.2. The van der Waals surface area contributed by atoms with Gasteiger partial charge in [0, 0.05) is 31.2 Å². The molecule has 1 aromatic carbocycles. The van der Waals surface area contributed by atoms with Gasteiger partial charge in [-0.3, -0.25) is 15.0 Å². The van der Waals surface area contributed by atoms with E-state index in [9.17, 15) is 10.1 Å². The Morgan fingerprint density at radius 3 is 3.05 bits per heavy atom. The summed E-state index contributed by atoms with van der Waals surface area (Å²) in [6.45, 7) is 3.06. The highest BCUT2D eigenvalue weighted by Crippen LogP contribution is 2.29. The second kappa shape index (κ2) is 5.99. The van der Waals surface area contributed by atoms with Crippen LogP contribution in [-0.4, -0.2) is 42.1 Å². The summed E-state index contributed by atoms with van der Waals surface area (Å²) in [5.41, 5.74) is 0.963. The number of benzene rings is 1. The van der Waals surface area contributed by atoms with E-state index in [1.165, 1.54) is 39.5 Å². The number of nitro groups is 1. The van der Waals surface area contributed by atoms with Crippen LogP contribution < -0.4 is 10.1 Å². The molecule has 2 fully saturated rings. The van der Waals surface area contributed by atoms with Crippen LogP contribution in [0, 0.1) is 10.1 Å². The number of nitrogens with zero attached hydrogens (tertiary/aromatic N) is 2. The van der Waals surface area contributed by atoms with Crippen LogP contribution in [0.15, 0.2) is 18.2 Å². The van der Waals surface area contributed by atoms with Crippen molar-refractivity contribution >= 4 is 5.69 Å². The smallest absolute Gasteiger partial charge is 0.311 e. The molecule has 2 saturated heterocycles. The summed E-state index contributed by atoms with van der Waals surface area (Å²) in [6, 6.07) is 6.32. The molecule has 0 saturated carbocycles. The highest BCUT2D eigenvalue weighted by atomic mass is 16.6. The monoisotopic (exact) mass is 291 g/mol. The van der Waals surface area contributed by atoms with Gasteiger partial charge in [-0.15, -0.1) is 0 Å². The molecule has 0 radical (unpaired) electrons. The van der Waals surface area contributed by atoms with Crippen molar-refractivity contribution in [2.75, 3.05) is 20.2 Å². The van der Waals surface area contributed by atoms with Gasteiger partial charge in [-0.05, 0) is 37.4 Å². The number of nitrogens with one attached hydrogen (secondary N) is 1. The van der Waals surface area contributed by atoms with Crippen LogP contribution in [-0.2, 0) is 6.54 Å². The van der Waals surface area contributed by atoms with Crippen molar-refractivity contribution in [1.29, 1.82) is 0 Å². The van der Waals surface area contributed by atoms with Gasteiger partial charge in [-0.25, -0.2) is 0 Å². The van der Waals surface area contributed by atoms with Crippen LogP contribution >= 0.6 is 0 Å². The van der Waals surface area contributed by atoms with E-state index in [-0.39, 0.29) is 5.69 Å². The SMILES string of the molecule is COc1ccc(CNC2CCN3CCCC23)cc1[N+](=O)[O-]. The van der Waals surface area contributed by atoms with Crippen LogP contribution in [0.5, 0.6) is 5.75 Å². The first kappa shape index (κ1) is 14.3. The first-order valence-electron chi connectivity index (χ1n) is 7.48. The lowest BCUT2D eigenvalue weighted by molar-refractivity contribution is -0.385. The average molecular weight is 291 g/mol. The number of hydrogen-bond acceptors (Lipinski definition) is 5. The summed E-state index contributed by atoms with van der Waals surface area (Å²) in [5, 5.41) is 14.6. The summed E-state index contributed by atoms with van der Waals surface area (Å²) in [6.07, 6.45) is 3.72. The van der Waals surface area contributed by atoms with Gasteiger partial charge < -0.3 is 10.1 Å². The molecule has 2 aliphatic heterocycles. The third-order valence-electron chi connectivity index (χ3n) is 4.61. The van der Waals surface area contributed by atoms with Gasteiger partial charge in [-0.1, -0.05) is 6.07 Å². The fourth-order valence-electron chi connectivity index (χ4n) is 3.56. The van der Waals surface area contributed by atoms with E-state index in [2.05, 4.69) is 10.2 Å². The normalized spacial score (nSPS) is 25.0. The molecule has 21 heavy (non-hydrogen) atoms. The lowest BCUT2D eigenvalue weighted by Crippen LogP contribution is -2.38. The first-order valence-corrected chi connectivity index (χ1v) is 7.48. The molecule has 1 N–H and O–H groups in total. The largest absolute Gasteiger partial charge is 0.490 e. The van der Waals surface area contributed by atoms with Crippen LogP contribution in [0.4, 0.5) is 5.69 Å². The summed E-state index contributed by atoms with van der Waals surface area (Å²) in [5.74, 6) is 0.312. The zero-order chi connectivity index (χ0) is 14.8. The van der Waals surface area contributed by atoms with E-state index in [0.717, 1.165) is 5.56 Å². The van der Waals surface area contributed by atoms with Gasteiger partial charge in [0.15, 0.2) is 5.75 Å². The number of hydrogen-bond donors (Lipinski definition) is 1. The number of rotatable bonds is 5. The highest BCUT2D eigenvalue weighted by molar-refractivity contribution is 5.48. The Balaban J connectivity index is 1.65. The molecule has 0 amide bonds. The molecule has 2 unspecified atom stereocenters. The first-order chi connectivity index (χ1) is 10.2. The molecular weight excluding hydrogens is 270 g/mol. The van der Waals surface area contributed by atoms with Crippen molar-refractivity contribution in [3.63, 3.8) is 0 Å². The summed E-state index contributed by atoms with van der Waals surface area (Å²) in [7, 11) is 1.45. The molecule has 1 aromatic rings. The molecule has 6 nitrogen and oxygen atoms in total. The Morgan fingerprint density at radius 1 is 1.43 bits per heavy atom. The summed E-state index contributed by atoms with van der Waals surface area (Å²) >= 11 is 0. The average Bonchev–Trinajstić information content (AvgIpc) is 3.08. The van der Waals surface area contributed by atoms with E-state index >= 15 is 0 Å². The van der Waals surface area contributed by atoms with Gasteiger partial charge in [-0.2, -0.15) is 0 Å². The van der Waals surface area contributed by atoms with E-state index in [1.807, 2.05) is 6.07 Å². The van der Waals surface area contributed by atoms with E-state index < -0.39 is 4.92 Å². The molecule has 0 aliphatic carbocycles. The van der Waals surface area contributed by atoms with Crippen molar-refractivity contribution in [2.45, 2.75) is 37.9 Å². The second-order valence-corrected chi connectivity index (χ2v) is 5.78. The highest BCUT2D eigenvalue weighted by Gasteiger charge is 2.36. The quantitative estimate of drug-likeness (QED) is 0.663. The zero-order valence-corrected chi connectivity index (χ0v) is 12.2. The Kier molecular flexibility index (Phi) is 4.07. The number of nitro benzene ring substituents is 1. The molecule has 6 heteroatoms. The lowest BCUT2D eigenvalue weighted by Gasteiger charge is -2.21. The van der Waals surface area contributed by atoms with Crippen LogP contribution in [0.1, 0.15) is 24.8 Å². The van der Waals surface area contributed by atoms with Crippen molar-refractivity contribution in [3.05, 3.63) is 33.9 Å². The molecule has 0 bridgehead atoms. The number of methoxy groups -OCH3 is 1. The van der Waals surface area contributed by atoms with Crippen LogP contribution in [0.2, 0.25) is 0 Å². The number of fused-ring (bicyclic) bond motifs is 1. The van der Waals surface area contributed by atoms with E-state index in [1.54, 1.807) is 12.1 Å². The van der Waals surface area contributed by atoms with Gasteiger partial charge >= 0.3 is 5.69 Å². The molecule has 0 aromatic heterocycles. The number of ether oxygens (including phenoxy) is 1. The predicted octanol–water partition coefficient (Wildman–Crippen LogP) is 1.93. The Bertz CT molecular complexity index is 535. The van der Waals surface area contributed by atoms with Crippen molar-refractivity contribution in [3.8, 4) is 5.75 Å². The maximum absolute atomic E-state index is 11.0. The van der Waals surface area contributed by atoms with Gasteiger partial charge in [0.25, 0.3) is 0 Å². The molecule has 0 spiro atoms. The maximum Gasteiger partial charge on any atom is 0.311 e. The van der Waals surface area contributed by atoms with Crippen molar-refractivity contribution in [1.82, 2.24) is 10.2 Å². The Labute approximate surface area is 124 Å². The van der Waals surface area contributed by atoms with Crippen molar-refractivity contribution < 1.29 is 9.66 Å². The molecular formula is C15H21N3O3. The van der Waals surface area contributed by atoms with Crippen LogP contribution in [0.25, 0.3) is 0 Å². The molecule has 2 atom stereocenters. The maximum atomic E-state index is 11.0. The summed E-state index contributed by atoms with van der Waals surface area (Å²) < 4.78 is 5.03. The van der Waals surface area contributed by atoms with Gasteiger partial charge in [0.05, 0.1) is 12.0 Å². The third kappa shape index (κ3) is 2.87. The van der Waals surface area contributed by atoms with Gasteiger partial charge in [0.2, 0.25) is 0 Å². The van der Waals surface area contributed by atoms with Gasteiger partial charge in [0.1, 0.15) is 0 Å².